The van der Waals surface area contributed by atoms with Gasteiger partial charge in [0.25, 0.3) is 5.91 Å². The van der Waals surface area contributed by atoms with Crippen LogP contribution in [0.25, 0.3) is 11.3 Å². The van der Waals surface area contributed by atoms with E-state index in [9.17, 15) is 4.79 Å². The van der Waals surface area contributed by atoms with E-state index in [1.807, 2.05) is 36.4 Å². The van der Waals surface area contributed by atoms with Gasteiger partial charge < -0.3 is 4.90 Å². The molecule has 0 aliphatic rings. The molecule has 0 aliphatic carbocycles. The van der Waals surface area contributed by atoms with E-state index in [0.717, 1.165) is 30.6 Å². The highest BCUT2D eigenvalue weighted by atomic mass is 16.2. The zero-order chi connectivity index (χ0) is 14.4. The second-order valence-electron chi connectivity index (χ2n) is 4.75. The van der Waals surface area contributed by atoms with E-state index in [4.69, 9.17) is 0 Å². The smallest absolute Gasteiger partial charge is 0.274 e. The first-order chi connectivity index (χ1) is 9.72. The maximum Gasteiger partial charge on any atom is 0.274 e. The zero-order valence-corrected chi connectivity index (χ0v) is 11.9. The van der Waals surface area contributed by atoms with Crippen LogP contribution in [0.1, 0.15) is 30.3 Å². The average molecular weight is 269 g/mol. The number of hydrogen-bond donors (Lipinski definition) is 0. The van der Waals surface area contributed by atoms with Crippen molar-refractivity contribution in [1.29, 1.82) is 0 Å². The topological polar surface area (TPSA) is 46.1 Å². The lowest BCUT2D eigenvalue weighted by Crippen LogP contribution is -2.28. The fraction of sp³-hybridized carbons (Fsp3) is 0.312. The van der Waals surface area contributed by atoms with Crippen LogP contribution in [0, 0.1) is 0 Å². The van der Waals surface area contributed by atoms with Crippen LogP contribution < -0.4 is 0 Å². The number of unbranched alkanes of at least 4 members (excludes halogenated alkanes) is 1. The lowest BCUT2D eigenvalue weighted by Gasteiger charge is -2.15. The van der Waals surface area contributed by atoms with Gasteiger partial charge >= 0.3 is 0 Å². The molecular formula is C16H19N3O. The van der Waals surface area contributed by atoms with Gasteiger partial charge in [-0.05, 0) is 18.6 Å². The van der Waals surface area contributed by atoms with Gasteiger partial charge in [0.05, 0.1) is 5.69 Å². The maximum absolute atomic E-state index is 12.1. The minimum atomic E-state index is -0.0782. The number of carbonyl (C=O) groups excluding carboxylic acids is 1. The van der Waals surface area contributed by atoms with Crippen molar-refractivity contribution in [2.24, 2.45) is 0 Å². The first-order valence-corrected chi connectivity index (χ1v) is 6.87. The third-order valence-electron chi connectivity index (χ3n) is 3.15. The summed E-state index contributed by atoms with van der Waals surface area (Å²) in [6, 6.07) is 13.4. The quantitative estimate of drug-likeness (QED) is 0.838. The Balaban J connectivity index is 2.10. The minimum Gasteiger partial charge on any atom is -0.340 e. The molecular weight excluding hydrogens is 250 g/mol. The van der Waals surface area contributed by atoms with Gasteiger partial charge in [0, 0.05) is 19.2 Å². The molecule has 0 unspecified atom stereocenters. The summed E-state index contributed by atoms with van der Waals surface area (Å²) in [5.74, 6) is -0.0782. The van der Waals surface area contributed by atoms with Crippen molar-refractivity contribution >= 4 is 5.91 Å². The molecule has 0 radical (unpaired) electrons. The van der Waals surface area contributed by atoms with Crippen LogP contribution in [-0.2, 0) is 0 Å². The Morgan fingerprint density at radius 3 is 2.45 bits per heavy atom. The minimum absolute atomic E-state index is 0.0782. The van der Waals surface area contributed by atoms with Crippen molar-refractivity contribution in [3.63, 3.8) is 0 Å². The van der Waals surface area contributed by atoms with E-state index < -0.39 is 0 Å². The average Bonchev–Trinajstić information content (AvgIpc) is 2.53. The van der Waals surface area contributed by atoms with E-state index in [-0.39, 0.29) is 5.91 Å². The Morgan fingerprint density at radius 1 is 1.10 bits per heavy atom. The molecule has 1 aromatic carbocycles. The standard InChI is InChI=1S/C16H19N3O/c1-3-4-12-19(2)16(20)15-11-10-14(17-18-15)13-8-6-5-7-9-13/h5-11H,3-4,12H2,1-2H3. The molecule has 4 nitrogen and oxygen atoms in total. The van der Waals surface area contributed by atoms with Crippen LogP contribution in [0.5, 0.6) is 0 Å². The normalized spacial score (nSPS) is 10.3. The number of rotatable bonds is 5. The van der Waals surface area contributed by atoms with Gasteiger partial charge in [0.15, 0.2) is 5.69 Å². The molecule has 0 saturated heterocycles. The summed E-state index contributed by atoms with van der Waals surface area (Å²) in [7, 11) is 1.80. The Hall–Kier alpha value is -2.23. The van der Waals surface area contributed by atoms with Crippen LogP contribution in [0.3, 0.4) is 0 Å². The predicted molar refractivity (Wildman–Crippen MR) is 79.3 cm³/mol. The largest absolute Gasteiger partial charge is 0.340 e. The molecule has 2 rings (SSSR count). The fourth-order valence-corrected chi connectivity index (χ4v) is 1.90. The highest BCUT2D eigenvalue weighted by Gasteiger charge is 2.13. The van der Waals surface area contributed by atoms with Crippen molar-refractivity contribution in [3.05, 3.63) is 48.2 Å². The van der Waals surface area contributed by atoms with Crippen molar-refractivity contribution in [2.75, 3.05) is 13.6 Å². The molecule has 0 saturated carbocycles. The summed E-state index contributed by atoms with van der Waals surface area (Å²) in [6.07, 6.45) is 2.06. The predicted octanol–water partition coefficient (Wildman–Crippen LogP) is 3.02. The number of amides is 1. The fourth-order valence-electron chi connectivity index (χ4n) is 1.90. The molecule has 2 aromatic rings. The lowest BCUT2D eigenvalue weighted by atomic mass is 10.1. The first kappa shape index (κ1) is 14.2. The summed E-state index contributed by atoms with van der Waals surface area (Å²) in [5.41, 5.74) is 2.17. The van der Waals surface area contributed by atoms with Gasteiger partial charge in [-0.3, -0.25) is 4.79 Å². The molecule has 104 valence electrons. The van der Waals surface area contributed by atoms with Gasteiger partial charge in [0.1, 0.15) is 0 Å². The van der Waals surface area contributed by atoms with Crippen molar-refractivity contribution < 1.29 is 4.79 Å². The van der Waals surface area contributed by atoms with Crippen molar-refractivity contribution in [1.82, 2.24) is 15.1 Å². The molecule has 0 atom stereocenters. The first-order valence-electron chi connectivity index (χ1n) is 6.87. The van der Waals surface area contributed by atoms with Gasteiger partial charge in [-0.15, -0.1) is 10.2 Å². The molecule has 0 spiro atoms. The Bertz CT molecular complexity index is 552. The maximum atomic E-state index is 12.1. The van der Waals surface area contributed by atoms with E-state index in [2.05, 4.69) is 17.1 Å². The molecule has 1 amide bonds. The SMILES string of the molecule is CCCCN(C)C(=O)c1ccc(-c2ccccc2)nn1. The van der Waals surface area contributed by atoms with Gasteiger partial charge in [-0.1, -0.05) is 43.7 Å². The van der Waals surface area contributed by atoms with E-state index in [0.29, 0.717) is 5.69 Å². The number of hydrogen-bond acceptors (Lipinski definition) is 3. The molecule has 1 heterocycles. The molecule has 20 heavy (non-hydrogen) atoms. The summed E-state index contributed by atoms with van der Waals surface area (Å²) >= 11 is 0. The summed E-state index contributed by atoms with van der Waals surface area (Å²) < 4.78 is 0. The molecule has 4 heteroatoms. The zero-order valence-electron chi connectivity index (χ0n) is 11.9. The second kappa shape index (κ2) is 6.80. The Kier molecular flexibility index (Phi) is 4.82. The number of benzene rings is 1. The third-order valence-corrected chi connectivity index (χ3v) is 3.15. The number of aromatic nitrogens is 2. The summed E-state index contributed by atoms with van der Waals surface area (Å²) in [4.78, 5) is 13.8. The van der Waals surface area contributed by atoms with Crippen LogP contribution in [0.15, 0.2) is 42.5 Å². The summed E-state index contributed by atoms with van der Waals surface area (Å²) in [5, 5.41) is 8.18. The highest BCUT2D eigenvalue weighted by Crippen LogP contribution is 2.15. The Labute approximate surface area is 119 Å². The van der Waals surface area contributed by atoms with Crippen molar-refractivity contribution in [3.8, 4) is 11.3 Å². The molecule has 0 bridgehead atoms. The highest BCUT2D eigenvalue weighted by molar-refractivity contribution is 5.92. The molecule has 0 fully saturated rings. The van der Waals surface area contributed by atoms with Gasteiger partial charge in [-0.25, -0.2) is 0 Å². The molecule has 1 aromatic heterocycles. The van der Waals surface area contributed by atoms with Crippen LogP contribution in [-0.4, -0.2) is 34.6 Å². The lowest BCUT2D eigenvalue weighted by molar-refractivity contribution is 0.0786. The van der Waals surface area contributed by atoms with Crippen LogP contribution in [0.4, 0.5) is 0 Å². The Morgan fingerprint density at radius 2 is 1.85 bits per heavy atom. The van der Waals surface area contributed by atoms with E-state index >= 15 is 0 Å². The van der Waals surface area contributed by atoms with Crippen molar-refractivity contribution in [2.45, 2.75) is 19.8 Å². The summed E-state index contributed by atoms with van der Waals surface area (Å²) in [6.45, 7) is 2.85. The van der Waals surface area contributed by atoms with Crippen LogP contribution >= 0.6 is 0 Å². The van der Waals surface area contributed by atoms with E-state index in [1.165, 1.54) is 0 Å². The molecule has 0 aliphatic heterocycles. The van der Waals surface area contributed by atoms with E-state index in [1.54, 1.807) is 18.0 Å². The third kappa shape index (κ3) is 3.41. The number of carbonyl (C=O) groups is 1. The van der Waals surface area contributed by atoms with Gasteiger partial charge in [0.2, 0.25) is 0 Å². The van der Waals surface area contributed by atoms with Crippen LogP contribution in [0.2, 0.25) is 0 Å². The number of nitrogens with zero attached hydrogens (tertiary/aromatic N) is 3. The monoisotopic (exact) mass is 269 g/mol. The molecule has 0 N–H and O–H groups in total. The second-order valence-corrected chi connectivity index (χ2v) is 4.75. The van der Waals surface area contributed by atoms with Gasteiger partial charge in [-0.2, -0.15) is 0 Å².